The molecule has 0 aliphatic carbocycles. The summed E-state index contributed by atoms with van der Waals surface area (Å²) in [5.41, 5.74) is 5.85. The topological polar surface area (TPSA) is 108 Å². The molecule has 0 fully saturated rings. The van der Waals surface area contributed by atoms with E-state index in [1.165, 1.54) is 13.2 Å². The largest absolute Gasteiger partial charge is 0.490 e. The molecule has 7 nitrogen and oxygen atoms in total. The Morgan fingerprint density at radius 2 is 1.93 bits per heavy atom. The summed E-state index contributed by atoms with van der Waals surface area (Å²) < 4.78 is 10.3. The summed E-state index contributed by atoms with van der Waals surface area (Å²) >= 11 is 0. The average molecular weight is 405 g/mol. The number of carbonyl (C=O) groups is 3. The second kappa shape index (κ2) is 10.6. The van der Waals surface area contributed by atoms with Gasteiger partial charge in [0.25, 0.3) is 0 Å². The van der Waals surface area contributed by atoms with Crippen LogP contribution in [0.5, 0.6) is 0 Å². The number of carbonyl (C=O) groups excluding carboxylic acids is 3. The Kier molecular flexibility index (Phi) is 8.88. The zero-order valence-corrected chi connectivity index (χ0v) is 18.0. The third-order valence-corrected chi connectivity index (χ3v) is 4.48. The van der Waals surface area contributed by atoms with Crippen LogP contribution in [0.3, 0.4) is 0 Å². The van der Waals surface area contributed by atoms with E-state index >= 15 is 0 Å². The summed E-state index contributed by atoms with van der Waals surface area (Å²) in [7, 11) is 1.44. The predicted octanol–water partition coefficient (Wildman–Crippen LogP) is 2.54. The minimum absolute atomic E-state index is 0.0219. The second-order valence-corrected chi connectivity index (χ2v) is 8.15. The van der Waals surface area contributed by atoms with Crippen LogP contribution in [0.25, 0.3) is 0 Å². The number of nitrogens with two attached hydrogens (primary N) is 1. The van der Waals surface area contributed by atoms with Gasteiger partial charge in [-0.3, -0.25) is 9.59 Å². The summed E-state index contributed by atoms with van der Waals surface area (Å²) in [6.45, 7) is 9.39. The van der Waals surface area contributed by atoms with Crippen molar-refractivity contribution in [2.45, 2.75) is 53.2 Å². The molecule has 1 heterocycles. The first kappa shape index (κ1) is 24.2. The number of amides is 2. The summed E-state index contributed by atoms with van der Waals surface area (Å²) in [6, 6.07) is -0.753. The maximum absolute atomic E-state index is 12.0. The minimum atomic E-state index is -0.753. The molecule has 0 saturated heterocycles. The van der Waals surface area contributed by atoms with Crippen molar-refractivity contribution in [3.8, 4) is 0 Å². The first-order valence-corrected chi connectivity index (χ1v) is 9.53. The fourth-order valence-corrected chi connectivity index (χ4v) is 2.87. The Balaban J connectivity index is 2.62. The molecule has 3 N–H and O–H groups in total. The van der Waals surface area contributed by atoms with Crippen LogP contribution in [0.15, 0.2) is 47.8 Å². The zero-order chi connectivity index (χ0) is 22.2. The van der Waals surface area contributed by atoms with Crippen LogP contribution in [0.4, 0.5) is 0 Å². The fourth-order valence-electron chi connectivity index (χ4n) is 2.87. The van der Waals surface area contributed by atoms with E-state index in [1.54, 1.807) is 18.2 Å². The van der Waals surface area contributed by atoms with Crippen molar-refractivity contribution in [2.24, 2.45) is 17.1 Å². The quantitative estimate of drug-likeness (QED) is 0.367. The minimum Gasteiger partial charge on any atom is -0.490 e. The molecule has 0 aromatic rings. The van der Waals surface area contributed by atoms with Gasteiger partial charge in [0.15, 0.2) is 5.76 Å². The summed E-state index contributed by atoms with van der Waals surface area (Å²) in [6.07, 6.45) is 10.6. The van der Waals surface area contributed by atoms with Crippen LogP contribution in [0, 0.1) is 11.3 Å². The van der Waals surface area contributed by atoms with Gasteiger partial charge in [-0.25, -0.2) is 4.79 Å². The Labute approximate surface area is 172 Å². The molecule has 0 radical (unpaired) electrons. The van der Waals surface area contributed by atoms with E-state index in [0.29, 0.717) is 6.42 Å². The number of esters is 1. The number of hydrogen-bond acceptors (Lipinski definition) is 5. The molecule has 1 rings (SSSR count). The zero-order valence-electron chi connectivity index (χ0n) is 18.0. The molecule has 160 valence electrons. The SMILES string of the molecule is COC1=CC[C@@H]([C@@H](C)/C=C(C)/C=C\C=C/C(=O)N[C@@H](C(N)=O)C(C)(C)C)OC1=O. The fraction of sp³-hybridized carbons (Fsp3) is 0.500. The van der Waals surface area contributed by atoms with Crippen LogP contribution in [0.1, 0.15) is 41.0 Å². The van der Waals surface area contributed by atoms with E-state index in [2.05, 4.69) is 5.32 Å². The van der Waals surface area contributed by atoms with Crippen molar-refractivity contribution in [1.29, 1.82) is 0 Å². The first-order chi connectivity index (χ1) is 13.5. The van der Waals surface area contributed by atoms with E-state index in [4.69, 9.17) is 15.2 Å². The van der Waals surface area contributed by atoms with E-state index < -0.39 is 29.2 Å². The molecule has 0 aromatic carbocycles. The third kappa shape index (κ3) is 7.97. The Hall–Kier alpha value is -2.83. The van der Waals surface area contributed by atoms with Gasteiger partial charge in [0.1, 0.15) is 12.1 Å². The van der Waals surface area contributed by atoms with Gasteiger partial charge >= 0.3 is 5.97 Å². The standard InChI is InChI=1S/C22H32N2O5/c1-14(13-15(2)16-11-12-17(28-6)21(27)29-16)9-7-8-10-18(25)24-19(20(23)26)22(3,4)5/h7-10,12-13,15-16,19H,11H2,1-6H3,(H2,23,26)(H,24,25)/b9-7-,10-8-,14-13+/t15-,16-,19-/m0/s1. The molecular formula is C22H32N2O5. The van der Waals surface area contributed by atoms with Gasteiger partial charge in [0.2, 0.25) is 11.8 Å². The molecule has 1 aliphatic heterocycles. The van der Waals surface area contributed by atoms with Gasteiger partial charge in [0, 0.05) is 18.4 Å². The smallest absolute Gasteiger partial charge is 0.373 e. The highest BCUT2D eigenvalue weighted by Gasteiger charge is 2.30. The van der Waals surface area contributed by atoms with Crippen LogP contribution >= 0.6 is 0 Å². The van der Waals surface area contributed by atoms with Gasteiger partial charge in [-0.15, -0.1) is 0 Å². The molecule has 29 heavy (non-hydrogen) atoms. The van der Waals surface area contributed by atoms with E-state index in [0.717, 1.165) is 5.57 Å². The maximum Gasteiger partial charge on any atom is 0.373 e. The Morgan fingerprint density at radius 3 is 2.45 bits per heavy atom. The van der Waals surface area contributed by atoms with Gasteiger partial charge in [-0.2, -0.15) is 0 Å². The normalized spacial score (nSPS) is 20.2. The van der Waals surface area contributed by atoms with Crippen LogP contribution in [-0.2, 0) is 23.9 Å². The van der Waals surface area contributed by atoms with Crippen molar-refractivity contribution in [3.05, 3.63) is 47.8 Å². The number of nitrogens with one attached hydrogen (secondary N) is 1. The first-order valence-electron chi connectivity index (χ1n) is 9.53. The number of methoxy groups -OCH3 is 1. The molecule has 2 amide bonds. The highest BCUT2D eigenvalue weighted by atomic mass is 16.6. The lowest BCUT2D eigenvalue weighted by Gasteiger charge is -2.28. The Morgan fingerprint density at radius 1 is 1.31 bits per heavy atom. The van der Waals surface area contributed by atoms with E-state index in [-0.39, 0.29) is 17.8 Å². The molecule has 0 unspecified atom stereocenters. The number of allylic oxidation sites excluding steroid dienone is 4. The van der Waals surface area contributed by atoms with Gasteiger partial charge in [-0.1, -0.05) is 57.6 Å². The van der Waals surface area contributed by atoms with Crippen molar-refractivity contribution in [1.82, 2.24) is 5.32 Å². The third-order valence-electron chi connectivity index (χ3n) is 4.48. The summed E-state index contributed by atoms with van der Waals surface area (Å²) in [4.78, 5) is 35.3. The van der Waals surface area contributed by atoms with Crippen molar-refractivity contribution >= 4 is 17.8 Å². The van der Waals surface area contributed by atoms with Gasteiger partial charge < -0.3 is 20.5 Å². The summed E-state index contributed by atoms with van der Waals surface area (Å²) in [5.74, 6) is -1.15. The molecule has 0 saturated carbocycles. The van der Waals surface area contributed by atoms with Gasteiger partial charge in [0.05, 0.1) is 7.11 Å². The van der Waals surface area contributed by atoms with Crippen LogP contribution in [-0.4, -0.2) is 37.0 Å². The van der Waals surface area contributed by atoms with E-state index in [1.807, 2.05) is 46.8 Å². The van der Waals surface area contributed by atoms with Crippen molar-refractivity contribution < 1.29 is 23.9 Å². The molecule has 0 spiro atoms. The highest BCUT2D eigenvalue weighted by Crippen LogP contribution is 2.22. The number of hydrogen-bond donors (Lipinski definition) is 2. The number of rotatable bonds is 8. The highest BCUT2D eigenvalue weighted by molar-refractivity contribution is 5.93. The monoisotopic (exact) mass is 404 g/mol. The lowest BCUT2D eigenvalue weighted by atomic mass is 9.86. The molecule has 7 heteroatoms. The summed E-state index contributed by atoms with van der Waals surface area (Å²) in [5, 5.41) is 2.62. The molecule has 1 aliphatic rings. The van der Waals surface area contributed by atoms with Gasteiger partial charge in [-0.05, 0) is 18.4 Å². The maximum atomic E-state index is 12.0. The van der Waals surface area contributed by atoms with Crippen LogP contribution in [0.2, 0.25) is 0 Å². The van der Waals surface area contributed by atoms with Crippen LogP contribution < -0.4 is 11.1 Å². The Bertz CT molecular complexity index is 741. The molecular weight excluding hydrogens is 372 g/mol. The lowest BCUT2D eigenvalue weighted by Crippen LogP contribution is -2.51. The average Bonchev–Trinajstić information content (AvgIpc) is 2.61. The van der Waals surface area contributed by atoms with Crippen molar-refractivity contribution in [2.75, 3.05) is 7.11 Å². The second-order valence-electron chi connectivity index (χ2n) is 8.15. The van der Waals surface area contributed by atoms with Crippen molar-refractivity contribution in [3.63, 3.8) is 0 Å². The number of primary amides is 1. The van der Waals surface area contributed by atoms with E-state index in [9.17, 15) is 14.4 Å². The molecule has 0 bridgehead atoms. The lowest BCUT2D eigenvalue weighted by molar-refractivity contribution is -0.151. The molecule has 0 aromatic heterocycles. The molecule has 3 atom stereocenters. The number of ether oxygens (including phenoxy) is 2. The predicted molar refractivity (Wildman–Crippen MR) is 111 cm³/mol. The number of cyclic esters (lactones) is 1.